The molecule has 0 atom stereocenters. The third kappa shape index (κ3) is 3.42. The van der Waals surface area contributed by atoms with Crippen LogP contribution >= 0.6 is 0 Å². The zero-order chi connectivity index (χ0) is 13.0. The first-order valence-corrected chi connectivity index (χ1v) is 6.47. The van der Waals surface area contributed by atoms with Crippen molar-refractivity contribution in [2.75, 3.05) is 29.9 Å². The predicted molar refractivity (Wildman–Crippen MR) is 71.8 cm³/mol. The first kappa shape index (κ1) is 12.8. The maximum absolute atomic E-state index is 11.3. The molecule has 0 saturated carbocycles. The maximum atomic E-state index is 11.3. The van der Waals surface area contributed by atoms with Gasteiger partial charge in [0.05, 0.1) is 6.54 Å². The second kappa shape index (κ2) is 5.80. The minimum Gasteiger partial charge on any atom is -0.370 e. The van der Waals surface area contributed by atoms with Crippen LogP contribution in [0, 0.1) is 5.92 Å². The lowest BCUT2D eigenvalue weighted by molar-refractivity contribution is -0.116. The van der Waals surface area contributed by atoms with Crippen molar-refractivity contribution in [2.24, 2.45) is 5.92 Å². The molecule has 1 saturated heterocycles. The lowest BCUT2D eigenvalue weighted by atomic mass is 10.1. The van der Waals surface area contributed by atoms with Crippen LogP contribution in [-0.4, -0.2) is 35.4 Å². The quantitative estimate of drug-likeness (QED) is 0.859. The van der Waals surface area contributed by atoms with Gasteiger partial charge in [-0.25, -0.2) is 9.97 Å². The standard InChI is InChI=1S/C13H20N4O/c1-10(2)3-5-14-12-7-13(16-9-15-12)17-6-4-11(18)8-17/h7,9-10H,3-6,8H2,1-2H3,(H,14,15,16). The fourth-order valence-corrected chi connectivity index (χ4v) is 1.93. The molecule has 2 rings (SSSR count). The van der Waals surface area contributed by atoms with Crippen molar-refractivity contribution >= 4 is 17.4 Å². The summed E-state index contributed by atoms with van der Waals surface area (Å²) in [5.41, 5.74) is 0. The number of Topliss-reactive ketones (excluding diaryl/α,β-unsaturated/α-hetero) is 1. The summed E-state index contributed by atoms with van der Waals surface area (Å²) in [4.78, 5) is 21.7. The van der Waals surface area contributed by atoms with Crippen LogP contribution in [0.1, 0.15) is 26.7 Å². The molecule has 0 amide bonds. The molecule has 1 aliphatic rings. The number of aromatic nitrogens is 2. The van der Waals surface area contributed by atoms with E-state index < -0.39 is 0 Å². The van der Waals surface area contributed by atoms with Gasteiger partial charge in [0.25, 0.3) is 0 Å². The molecule has 0 bridgehead atoms. The van der Waals surface area contributed by atoms with Gasteiger partial charge in [-0.05, 0) is 12.3 Å². The van der Waals surface area contributed by atoms with E-state index in [4.69, 9.17) is 0 Å². The number of nitrogens with zero attached hydrogens (tertiary/aromatic N) is 3. The lowest BCUT2D eigenvalue weighted by Crippen LogP contribution is -2.21. The second-order valence-electron chi connectivity index (χ2n) is 5.08. The minimum atomic E-state index is 0.280. The zero-order valence-electron chi connectivity index (χ0n) is 11.0. The molecule has 18 heavy (non-hydrogen) atoms. The van der Waals surface area contributed by atoms with E-state index in [-0.39, 0.29) is 5.78 Å². The molecule has 98 valence electrons. The van der Waals surface area contributed by atoms with Crippen LogP contribution in [-0.2, 0) is 4.79 Å². The van der Waals surface area contributed by atoms with Gasteiger partial charge in [-0.3, -0.25) is 4.79 Å². The molecule has 5 nitrogen and oxygen atoms in total. The van der Waals surface area contributed by atoms with Crippen LogP contribution in [0.15, 0.2) is 12.4 Å². The Bertz CT molecular complexity index is 419. The third-order valence-electron chi connectivity index (χ3n) is 3.03. The van der Waals surface area contributed by atoms with Gasteiger partial charge < -0.3 is 10.2 Å². The smallest absolute Gasteiger partial charge is 0.153 e. The molecule has 1 aromatic rings. The lowest BCUT2D eigenvalue weighted by Gasteiger charge is -2.16. The number of hydrogen-bond acceptors (Lipinski definition) is 5. The molecular formula is C13H20N4O. The summed E-state index contributed by atoms with van der Waals surface area (Å²) in [6, 6.07) is 1.92. The van der Waals surface area contributed by atoms with Crippen molar-refractivity contribution in [3.8, 4) is 0 Å². The summed E-state index contributed by atoms with van der Waals surface area (Å²) < 4.78 is 0. The third-order valence-corrected chi connectivity index (χ3v) is 3.03. The van der Waals surface area contributed by atoms with Crippen LogP contribution in [0.3, 0.4) is 0 Å². The van der Waals surface area contributed by atoms with E-state index in [2.05, 4.69) is 29.1 Å². The van der Waals surface area contributed by atoms with Crippen molar-refractivity contribution < 1.29 is 4.79 Å². The predicted octanol–water partition coefficient (Wildman–Crippen LogP) is 1.71. The molecular weight excluding hydrogens is 228 g/mol. The highest BCUT2D eigenvalue weighted by Gasteiger charge is 2.20. The maximum Gasteiger partial charge on any atom is 0.153 e. The fraction of sp³-hybridized carbons (Fsp3) is 0.615. The number of carbonyl (C=O) groups excluding carboxylic acids is 1. The largest absolute Gasteiger partial charge is 0.370 e. The van der Waals surface area contributed by atoms with E-state index in [1.54, 1.807) is 6.33 Å². The molecule has 1 N–H and O–H groups in total. The second-order valence-corrected chi connectivity index (χ2v) is 5.08. The summed E-state index contributed by atoms with van der Waals surface area (Å²) in [7, 11) is 0. The summed E-state index contributed by atoms with van der Waals surface area (Å²) >= 11 is 0. The first-order valence-electron chi connectivity index (χ1n) is 6.47. The summed E-state index contributed by atoms with van der Waals surface area (Å²) in [5.74, 6) is 2.63. The number of nitrogens with one attached hydrogen (secondary N) is 1. The molecule has 0 unspecified atom stereocenters. The van der Waals surface area contributed by atoms with Crippen LogP contribution in [0.5, 0.6) is 0 Å². The monoisotopic (exact) mass is 248 g/mol. The van der Waals surface area contributed by atoms with Gasteiger partial charge in [0.15, 0.2) is 5.78 Å². The number of carbonyl (C=O) groups is 1. The van der Waals surface area contributed by atoms with Gasteiger partial charge >= 0.3 is 0 Å². The Labute approximate surface area is 108 Å². The first-order chi connectivity index (χ1) is 8.65. The average Bonchev–Trinajstić information content (AvgIpc) is 2.76. The molecule has 5 heteroatoms. The van der Waals surface area contributed by atoms with Crippen LogP contribution in [0.2, 0.25) is 0 Å². The van der Waals surface area contributed by atoms with Crippen molar-refractivity contribution in [3.05, 3.63) is 12.4 Å². The van der Waals surface area contributed by atoms with E-state index in [0.29, 0.717) is 18.9 Å². The minimum absolute atomic E-state index is 0.280. The van der Waals surface area contributed by atoms with Crippen molar-refractivity contribution in [1.29, 1.82) is 0 Å². The Balaban J connectivity index is 1.94. The zero-order valence-corrected chi connectivity index (χ0v) is 11.0. The van der Waals surface area contributed by atoms with Crippen LogP contribution < -0.4 is 10.2 Å². The van der Waals surface area contributed by atoms with Gasteiger partial charge in [-0.2, -0.15) is 0 Å². The number of anilines is 2. The molecule has 0 aromatic carbocycles. The van der Waals surface area contributed by atoms with E-state index in [9.17, 15) is 4.79 Å². The molecule has 1 fully saturated rings. The van der Waals surface area contributed by atoms with Crippen molar-refractivity contribution in [1.82, 2.24) is 9.97 Å². The Morgan fingerprint density at radius 3 is 2.94 bits per heavy atom. The highest BCUT2D eigenvalue weighted by molar-refractivity contribution is 5.86. The van der Waals surface area contributed by atoms with E-state index >= 15 is 0 Å². The van der Waals surface area contributed by atoms with Gasteiger partial charge in [-0.1, -0.05) is 13.8 Å². The summed E-state index contributed by atoms with van der Waals surface area (Å²) in [5, 5.41) is 3.29. The highest BCUT2D eigenvalue weighted by Crippen LogP contribution is 2.18. The molecule has 1 aromatic heterocycles. The summed E-state index contributed by atoms with van der Waals surface area (Å²) in [6.45, 7) is 6.54. The topological polar surface area (TPSA) is 58.1 Å². The van der Waals surface area contributed by atoms with Crippen molar-refractivity contribution in [2.45, 2.75) is 26.7 Å². The Kier molecular flexibility index (Phi) is 4.12. The molecule has 0 spiro atoms. The molecule has 1 aliphatic heterocycles. The van der Waals surface area contributed by atoms with Crippen LogP contribution in [0.25, 0.3) is 0 Å². The number of hydrogen-bond donors (Lipinski definition) is 1. The Morgan fingerprint density at radius 2 is 2.28 bits per heavy atom. The van der Waals surface area contributed by atoms with Gasteiger partial charge in [0, 0.05) is 25.6 Å². The van der Waals surface area contributed by atoms with E-state index in [1.165, 1.54) is 0 Å². The van der Waals surface area contributed by atoms with Gasteiger partial charge in [0.2, 0.25) is 0 Å². The van der Waals surface area contributed by atoms with Crippen molar-refractivity contribution in [3.63, 3.8) is 0 Å². The highest BCUT2D eigenvalue weighted by atomic mass is 16.1. The number of rotatable bonds is 5. The average molecular weight is 248 g/mol. The molecule has 0 radical (unpaired) electrons. The summed E-state index contributed by atoms with van der Waals surface area (Å²) in [6.07, 6.45) is 3.29. The molecule has 2 heterocycles. The van der Waals surface area contributed by atoms with E-state index in [0.717, 1.165) is 31.1 Å². The van der Waals surface area contributed by atoms with E-state index in [1.807, 2.05) is 11.0 Å². The molecule has 0 aliphatic carbocycles. The van der Waals surface area contributed by atoms with Crippen LogP contribution in [0.4, 0.5) is 11.6 Å². The SMILES string of the molecule is CC(C)CCNc1cc(N2CCC(=O)C2)ncn1. The Hall–Kier alpha value is -1.65. The fourth-order valence-electron chi connectivity index (χ4n) is 1.93. The number of ketones is 1. The van der Waals surface area contributed by atoms with Gasteiger partial charge in [0.1, 0.15) is 18.0 Å². The normalized spacial score (nSPS) is 15.5. The van der Waals surface area contributed by atoms with Gasteiger partial charge in [-0.15, -0.1) is 0 Å². The Morgan fingerprint density at radius 1 is 1.44 bits per heavy atom.